The molecule has 4 rings (SSSR count). The summed E-state index contributed by atoms with van der Waals surface area (Å²) in [7, 11) is 0. The Kier molecular flexibility index (Phi) is 7.50. The summed E-state index contributed by atoms with van der Waals surface area (Å²) in [6, 6.07) is 23.0. The second-order valence-electron chi connectivity index (χ2n) is 9.95. The number of esters is 1. The predicted octanol–water partition coefficient (Wildman–Crippen LogP) is 6.69. The molecule has 0 saturated carbocycles. The molecule has 0 amide bonds. The van der Waals surface area contributed by atoms with Gasteiger partial charge in [-0.3, -0.25) is 0 Å². The van der Waals surface area contributed by atoms with Gasteiger partial charge in [0.1, 0.15) is 0 Å². The van der Waals surface area contributed by atoms with Gasteiger partial charge in [0, 0.05) is 22.0 Å². The maximum atomic E-state index is 12.2. The number of nitrogens with zero attached hydrogens (tertiary/aromatic N) is 1. The molecule has 0 aliphatic rings. The Morgan fingerprint density at radius 3 is 2.22 bits per heavy atom. The Labute approximate surface area is 218 Å². The molecule has 192 valence electrons. The molecule has 0 saturated heterocycles. The van der Waals surface area contributed by atoms with Crippen LogP contribution in [0, 0.1) is 11.8 Å². The molecule has 0 spiro atoms. The van der Waals surface area contributed by atoms with Gasteiger partial charge in [-0.15, -0.1) is 0 Å². The number of H-pyrrole nitrogens is 1. The SMILES string of the molecule is CCOC(=O)c1ccc2c(C(=Nc3ccc(C(N)(C(C)C)C(C)C)cc3)c3ccccc3)c(O)[nH]c2c1. The largest absolute Gasteiger partial charge is 0.494 e. The summed E-state index contributed by atoms with van der Waals surface area (Å²) >= 11 is 0. The van der Waals surface area contributed by atoms with Crippen molar-refractivity contribution in [3.05, 3.63) is 95.1 Å². The average Bonchev–Trinajstić information content (AvgIpc) is 3.22. The molecule has 0 fully saturated rings. The van der Waals surface area contributed by atoms with Crippen LogP contribution < -0.4 is 5.73 Å². The molecule has 4 N–H and O–H groups in total. The van der Waals surface area contributed by atoms with Crippen molar-refractivity contribution in [1.29, 1.82) is 0 Å². The molecule has 0 aliphatic heterocycles. The van der Waals surface area contributed by atoms with E-state index in [-0.39, 0.29) is 17.7 Å². The third-order valence-electron chi connectivity index (χ3n) is 7.09. The molecule has 3 aromatic carbocycles. The molecular weight excluding hydrogens is 462 g/mol. The second-order valence-corrected chi connectivity index (χ2v) is 9.95. The first-order valence-corrected chi connectivity index (χ1v) is 12.7. The summed E-state index contributed by atoms with van der Waals surface area (Å²) in [5.74, 6) is 0.112. The summed E-state index contributed by atoms with van der Waals surface area (Å²) in [4.78, 5) is 20.2. The number of ether oxygens (including phenoxy) is 1. The summed E-state index contributed by atoms with van der Waals surface area (Å²) < 4.78 is 5.12. The summed E-state index contributed by atoms with van der Waals surface area (Å²) in [6.07, 6.45) is 0. The van der Waals surface area contributed by atoms with Gasteiger partial charge in [0.2, 0.25) is 0 Å². The molecular formula is C31H35N3O3. The van der Waals surface area contributed by atoms with E-state index in [1.165, 1.54) is 0 Å². The van der Waals surface area contributed by atoms with E-state index in [1.54, 1.807) is 19.1 Å². The minimum absolute atomic E-state index is 0.0178. The highest BCUT2D eigenvalue weighted by molar-refractivity contribution is 6.22. The number of carbonyl (C=O) groups excluding carboxylic acids is 1. The van der Waals surface area contributed by atoms with E-state index in [9.17, 15) is 9.90 Å². The number of hydrogen-bond donors (Lipinski definition) is 3. The number of aromatic amines is 1. The standard InChI is InChI=1S/C31H35N3O3/c1-6-37-30(36)22-12-17-25-26(18-22)34-29(35)27(25)28(21-10-8-7-9-11-21)33-24-15-13-23(14-16-24)31(32,19(2)3)20(4)5/h7-20,34-35H,6,32H2,1-5H3. The second kappa shape index (κ2) is 10.6. The lowest BCUT2D eigenvalue weighted by atomic mass is 9.73. The number of hydrogen-bond acceptors (Lipinski definition) is 5. The zero-order valence-electron chi connectivity index (χ0n) is 22.1. The van der Waals surface area contributed by atoms with Gasteiger partial charge in [0.15, 0.2) is 5.88 Å². The number of fused-ring (bicyclic) bond motifs is 1. The summed E-state index contributed by atoms with van der Waals surface area (Å²) in [5.41, 5.74) is 11.3. The highest BCUT2D eigenvalue weighted by Gasteiger charge is 2.34. The lowest BCUT2D eigenvalue weighted by molar-refractivity contribution is 0.0526. The van der Waals surface area contributed by atoms with E-state index in [0.717, 1.165) is 22.2 Å². The molecule has 6 heteroatoms. The molecule has 0 atom stereocenters. The summed E-state index contributed by atoms with van der Waals surface area (Å²) in [6.45, 7) is 10.6. The van der Waals surface area contributed by atoms with Crippen molar-refractivity contribution in [1.82, 2.24) is 4.98 Å². The number of benzene rings is 3. The molecule has 1 heterocycles. The number of aromatic hydroxyl groups is 1. The van der Waals surface area contributed by atoms with Gasteiger partial charge >= 0.3 is 5.97 Å². The number of nitrogens with two attached hydrogens (primary N) is 1. The van der Waals surface area contributed by atoms with Crippen molar-refractivity contribution in [2.45, 2.75) is 40.2 Å². The Morgan fingerprint density at radius 2 is 1.62 bits per heavy atom. The Hall–Kier alpha value is -3.90. The first-order chi connectivity index (χ1) is 17.7. The van der Waals surface area contributed by atoms with Gasteiger partial charge in [0.25, 0.3) is 0 Å². The van der Waals surface area contributed by atoms with Crippen LogP contribution in [0.5, 0.6) is 5.88 Å². The van der Waals surface area contributed by atoms with Crippen LogP contribution in [-0.4, -0.2) is 28.4 Å². The number of aliphatic imine (C=N–C) groups is 1. The van der Waals surface area contributed by atoms with Gasteiger partial charge in [-0.25, -0.2) is 9.79 Å². The van der Waals surface area contributed by atoms with E-state index in [4.69, 9.17) is 15.5 Å². The zero-order chi connectivity index (χ0) is 26.7. The van der Waals surface area contributed by atoms with Crippen LogP contribution in [0.2, 0.25) is 0 Å². The van der Waals surface area contributed by atoms with E-state index >= 15 is 0 Å². The number of aromatic nitrogens is 1. The Morgan fingerprint density at radius 1 is 0.973 bits per heavy atom. The normalized spacial score (nSPS) is 12.5. The lowest BCUT2D eigenvalue weighted by Crippen LogP contribution is -2.46. The Balaban J connectivity index is 1.83. The fraction of sp³-hybridized carbons (Fsp3) is 0.290. The third kappa shape index (κ3) is 5.02. The first-order valence-electron chi connectivity index (χ1n) is 12.7. The molecule has 6 nitrogen and oxygen atoms in total. The molecule has 4 aromatic rings. The third-order valence-corrected chi connectivity index (χ3v) is 7.09. The zero-order valence-corrected chi connectivity index (χ0v) is 22.1. The minimum Gasteiger partial charge on any atom is -0.494 e. The van der Waals surface area contributed by atoms with Crippen LogP contribution in [0.15, 0.2) is 77.8 Å². The van der Waals surface area contributed by atoms with Crippen molar-refractivity contribution in [3.8, 4) is 5.88 Å². The highest BCUT2D eigenvalue weighted by Crippen LogP contribution is 2.36. The first kappa shape index (κ1) is 26.2. The molecule has 37 heavy (non-hydrogen) atoms. The monoisotopic (exact) mass is 497 g/mol. The minimum atomic E-state index is -0.448. The van der Waals surface area contributed by atoms with E-state index < -0.39 is 11.5 Å². The van der Waals surface area contributed by atoms with E-state index in [0.29, 0.717) is 29.0 Å². The van der Waals surface area contributed by atoms with Gasteiger partial charge in [0.05, 0.1) is 29.1 Å². The van der Waals surface area contributed by atoms with Crippen LogP contribution >= 0.6 is 0 Å². The van der Waals surface area contributed by atoms with Gasteiger partial charge in [-0.2, -0.15) is 0 Å². The highest BCUT2D eigenvalue weighted by atomic mass is 16.5. The fourth-order valence-corrected chi connectivity index (χ4v) is 4.91. The van der Waals surface area contributed by atoms with Crippen LogP contribution in [0.3, 0.4) is 0 Å². The van der Waals surface area contributed by atoms with E-state index in [2.05, 4.69) is 32.7 Å². The van der Waals surface area contributed by atoms with Crippen LogP contribution in [-0.2, 0) is 10.3 Å². The molecule has 0 unspecified atom stereocenters. The maximum Gasteiger partial charge on any atom is 0.338 e. The van der Waals surface area contributed by atoms with Crippen molar-refractivity contribution in [2.75, 3.05) is 6.61 Å². The van der Waals surface area contributed by atoms with Crippen molar-refractivity contribution < 1.29 is 14.6 Å². The Bertz CT molecular complexity index is 1410. The van der Waals surface area contributed by atoms with Crippen LogP contribution in [0.1, 0.15) is 61.7 Å². The lowest BCUT2D eigenvalue weighted by Gasteiger charge is -2.38. The van der Waals surface area contributed by atoms with Crippen molar-refractivity contribution in [2.24, 2.45) is 22.6 Å². The summed E-state index contributed by atoms with van der Waals surface area (Å²) in [5, 5.41) is 11.7. The fourth-order valence-electron chi connectivity index (χ4n) is 4.91. The molecule has 0 bridgehead atoms. The van der Waals surface area contributed by atoms with Crippen LogP contribution in [0.4, 0.5) is 5.69 Å². The van der Waals surface area contributed by atoms with Gasteiger partial charge < -0.3 is 20.6 Å². The quantitative estimate of drug-likeness (QED) is 0.187. The van der Waals surface area contributed by atoms with Crippen molar-refractivity contribution in [3.63, 3.8) is 0 Å². The molecule has 0 aliphatic carbocycles. The number of carbonyl (C=O) groups is 1. The van der Waals surface area contributed by atoms with Crippen LogP contribution in [0.25, 0.3) is 10.9 Å². The average molecular weight is 498 g/mol. The number of nitrogens with one attached hydrogen (secondary N) is 1. The predicted molar refractivity (Wildman–Crippen MR) is 150 cm³/mol. The van der Waals surface area contributed by atoms with Gasteiger partial charge in [-0.1, -0.05) is 76.2 Å². The molecule has 1 aromatic heterocycles. The number of rotatable bonds is 8. The smallest absolute Gasteiger partial charge is 0.338 e. The maximum absolute atomic E-state index is 12.2. The van der Waals surface area contributed by atoms with E-state index in [1.807, 2.05) is 60.7 Å². The molecule has 0 radical (unpaired) electrons. The van der Waals surface area contributed by atoms with Gasteiger partial charge in [-0.05, 0) is 48.6 Å². The topological polar surface area (TPSA) is 101 Å². The van der Waals surface area contributed by atoms with Crippen molar-refractivity contribution >= 4 is 28.3 Å².